The third-order valence-electron chi connectivity index (χ3n) is 2.48. The Labute approximate surface area is 108 Å². The smallest absolute Gasteiger partial charge is 0.335 e. The first-order valence-corrected chi connectivity index (χ1v) is 5.96. The van der Waals surface area contributed by atoms with Crippen molar-refractivity contribution in [1.82, 2.24) is 0 Å². The lowest BCUT2D eigenvalue weighted by Gasteiger charge is -2.06. The minimum absolute atomic E-state index is 0.319. The third kappa shape index (κ3) is 2.74. The molecule has 0 atom stereocenters. The Kier molecular flexibility index (Phi) is 3.29. The standard InChI is InChI=1S/C14H11BrO2/c1-9-5-11(7-12(6-9)14(16)17)10-3-2-4-13(15)8-10/h2-8H,1H3,(H,16,17). The number of rotatable bonds is 2. The van der Waals surface area contributed by atoms with Gasteiger partial charge < -0.3 is 5.11 Å². The molecule has 0 amide bonds. The van der Waals surface area contributed by atoms with E-state index in [9.17, 15) is 4.79 Å². The van der Waals surface area contributed by atoms with Crippen LogP contribution in [0.25, 0.3) is 11.1 Å². The summed E-state index contributed by atoms with van der Waals surface area (Å²) in [5.74, 6) is -0.898. The number of hydrogen-bond donors (Lipinski definition) is 1. The van der Waals surface area contributed by atoms with Crippen LogP contribution in [-0.2, 0) is 0 Å². The van der Waals surface area contributed by atoms with Crippen LogP contribution in [0.4, 0.5) is 0 Å². The molecule has 0 spiro atoms. The zero-order valence-corrected chi connectivity index (χ0v) is 10.9. The van der Waals surface area contributed by atoms with Gasteiger partial charge in [-0.05, 0) is 47.9 Å². The summed E-state index contributed by atoms with van der Waals surface area (Å²) in [6.45, 7) is 1.90. The molecule has 0 radical (unpaired) electrons. The van der Waals surface area contributed by atoms with Gasteiger partial charge in [-0.2, -0.15) is 0 Å². The van der Waals surface area contributed by atoms with E-state index in [1.54, 1.807) is 12.1 Å². The highest BCUT2D eigenvalue weighted by Crippen LogP contribution is 2.25. The molecular weight excluding hydrogens is 280 g/mol. The highest BCUT2D eigenvalue weighted by molar-refractivity contribution is 9.10. The number of halogens is 1. The summed E-state index contributed by atoms with van der Waals surface area (Å²) < 4.78 is 0.980. The molecule has 17 heavy (non-hydrogen) atoms. The molecule has 0 fully saturated rings. The van der Waals surface area contributed by atoms with Crippen LogP contribution in [0.5, 0.6) is 0 Å². The normalized spacial score (nSPS) is 10.2. The molecule has 0 aliphatic heterocycles. The summed E-state index contributed by atoms with van der Waals surface area (Å²) in [7, 11) is 0. The van der Waals surface area contributed by atoms with Crippen LogP contribution >= 0.6 is 15.9 Å². The zero-order valence-electron chi connectivity index (χ0n) is 9.27. The van der Waals surface area contributed by atoms with E-state index < -0.39 is 5.97 Å². The van der Waals surface area contributed by atoms with Gasteiger partial charge in [0.25, 0.3) is 0 Å². The van der Waals surface area contributed by atoms with Crippen LogP contribution in [-0.4, -0.2) is 11.1 Å². The second-order valence-corrected chi connectivity index (χ2v) is 4.82. The number of hydrogen-bond acceptors (Lipinski definition) is 1. The molecule has 0 heterocycles. The van der Waals surface area contributed by atoms with Crippen LogP contribution in [0.3, 0.4) is 0 Å². The van der Waals surface area contributed by atoms with Gasteiger partial charge in [-0.3, -0.25) is 0 Å². The molecule has 1 N–H and O–H groups in total. The highest BCUT2D eigenvalue weighted by atomic mass is 79.9. The van der Waals surface area contributed by atoms with Crippen LogP contribution in [0.2, 0.25) is 0 Å². The maximum Gasteiger partial charge on any atom is 0.335 e. The van der Waals surface area contributed by atoms with Crippen molar-refractivity contribution in [2.24, 2.45) is 0 Å². The fourth-order valence-electron chi connectivity index (χ4n) is 1.74. The van der Waals surface area contributed by atoms with Gasteiger partial charge in [-0.15, -0.1) is 0 Å². The predicted molar refractivity (Wildman–Crippen MR) is 71.3 cm³/mol. The number of benzene rings is 2. The number of aryl methyl sites for hydroxylation is 1. The minimum Gasteiger partial charge on any atom is -0.478 e. The summed E-state index contributed by atoms with van der Waals surface area (Å²) >= 11 is 3.41. The molecule has 86 valence electrons. The van der Waals surface area contributed by atoms with E-state index in [1.807, 2.05) is 37.3 Å². The Hall–Kier alpha value is -1.61. The van der Waals surface area contributed by atoms with Gasteiger partial charge in [-0.1, -0.05) is 34.1 Å². The molecule has 2 aromatic carbocycles. The van der Waals surface area contributed by atoms with Gasteiger partial charge >= 0.3 is 5.97 Å². The van der Waals surface area contributed by atoms with Gasteiger partial charge in [0.15, 0.2) is 0 Å². The van der Waals surface area contributed by atoms with Crippen LogP contribution in [0, 0.1) is 6.92 Å². The SMILES string of the molecule is Cc1cc(C(=O)O)cc(-c2cccc(Br)c2)c1. The first kappa shape index (κ1) is 11.9. The van der Waals surface area contributed by atoms with Crippen LogP contribution < -0.4 is 0 Å². The molecule has 0 bridgehead atoms. The fraction of sp³-hybridized carbons (Fsp3) is 0.0714. The Morgan fingerprint density at radius 2 is 1.88 bits per heavy atom. The zero-order chi connectivity index (χ0) is 12.4. The van der Waals surface area contributed by atoms with Crippen LogP contribution in [0.1, 0.15) is 15.9 Å². The predicted octanol–water partition coefficient (Wildman–Crippen LogP) is 4.12. The van der Waals surface area contributed by atoms with Gasteiger partial charge in [0, 0.05) is 4.47 Å². The molecule has 0 saturated carbocycles. The van der Waals surface area contributed by atoms with Crippen molar-refractivity contribution >= 4 is 21.9 Å². The van der Waals surface area contributed by atoms with Gasteiger partial charge in [0.1, 0.15) is 0 Å². The third-order valence-corrected chi connectivity index (χ3v) is 2.98. The Balaban J connectivity index is 2.56. The molecule has 0 unspecified atom stereocenters. The minimum atomic E-state index is -0.898. The molecule has 3 heteroatoms. The van der Waals surface area contributed by atoms with E-state index in [0.29, 0.717) is 5.56 Å². The molecule has 2 rings (SSSR count). The first-order chi connectivity index (χ1) is 8.06. The first-order valence-electron chi connectivity index (χ1n) is 5.17. The van der Waals surface area contributed by atoms with Gasteiger partial charge in [0.2, 0.25) is 0 Å². The number of aromatic carboxylic acids is 1. The lowest BCUT2D eigenvalue weighted by atomic mass is 10.0. The topological polar surface area (TPSA) is 37.3 Å². The second-order valence-electron chi connectivity index (χ2n) is 3.90. The molecule has 0 aromatic heterocycles. The van der Waals surface area contributed by atoms with Crippen molar-refractivity contribution in [3.05, 3.63) is 58.1 Å². The molecule has 0 saturated heterocycles. The lowest BCUT2D eigenvalue weighted by molar-refractivity contribution is 0.0697. The quantitative estimate of drug-likeness (QED) is 0.903. The van der Waals surface area contributed by atoms with Gasteiger partial charge in [0.05, 0.1) is 5.56 Å². The molecule has 0 aliphatic rings. The average Bonchev–Trinajstić information content (AvgIpc) is 2.28. The second kappa shape index (κ2) is 4.72. The van der Waals surface area contributed by atoms with Crippen LogP contribution in [0.15, 0.2) is 46.9 Å². The van der Waals surface area contributed by atoms with Crippen molar-refractivity contribution in [2.45, 2.75) is 6.92 Å². The van der Waals surface area contributed by atoms with E-state index in [0.717, 1.165) is 21.2 Å². The van der Waals surface area contributed by atoms with E-state index in [1.165, 1.54) is 0 Å². The summed E-state index contributed by atoms with van der Waals surface area (Å²) in [5.41, 5.74) is 3.19. The van der Waals surface area contributed by atoms with Crippen molar-refractivity contribution in [1.29, 1.82) is 0 Å². The molecule has 2 aromatic rings. The summed E-state index contributed by atoms with van der Waals surface area (Å²) in [5, 5.41) is 9.03. The van der Waals surface area contributed by atoms with E-state index in [-0.39, 0.29) is 0 Å². The van der Waals surface area contributed by atoms with Crippen molar-refractivity contribution in [3.8, 4) is 11.1 Å². The van der Waals surface area contributed by atoms with E-state index in [2.05, 4.69) is 15.9 Å². The van der Waals surface area contributed by atoms with Crippen molar-refractivity contribution in [2.75, 3.05) is 0 Å². The maximum absolute atomic E-state index is 11.0. The number of carbonyl (C=O) groups is 1. The lowest BCUT2D eigenvalue weighted by Crippen LogP contribution is -1.97. The monoisotopic (exact) mass is 290 g/mol. The van der Waals surface area contributed by atoms with Crippen molar-refractivity contribution < 1.29 is 9.90 Å². The molecule has 2 nitrogen and oxygen atoms in total. The largest absolute Gasteiger partial charge is 0.478 e. The maximum atomic E-state index is 11.0. The fourth-order valence-corrected chi connectivity index (χ4v) is 2.14. The Morgan fingerprint density at radius 1 is 1.12 bits per heavy atom. The summed E-state index contributed by atoms with van der Waals surface area (Å²) in [4.78, 5) is 11.0. The molecule has 0 aliphatic carbocycles. The number of carboxylic acid groups (broad SMARTS) is 1. The Bertz CT molecular complexity index is 576. The van der Waals surface area contributed by atoms with Gasteiger partial charge in [-0.25, -0.2) is 4.79 Å². The summed E-state index contributed by atoms with van der Waals surface area (Å²) in [6, 6.07) is 13.2. The molecular formula is C14H11BrO2. The summed E-state index contributed by atoms with van der Waals surface area (Å²) in [6.07, 6.45) is 0. The van der Waals surface area contributed by atoms with E-state index >= 15 is 0 Å². The highest BCUT2D eigenvalue weighted by Gasteiger charge is 2.06. The average molecular weight is 291 g/mol. The Morgan fingerprint density at radius 3 is 2.53 bits per heavy atom. The van der Waals surface area contributed by atoms with Crippen molar-refractivity contribution in [3.63, 3.8) is 0 Å². The number of carboxylic acids is 1. The van der Waals surface area contributed by atoms with E-state index in [4.69, 9.17) is 5.11 Å².